The number of ether oxygens (including phenoxy) is 1. The molecule has 0 bridgehead atoms. The zero-order valence-corrected chi connectivity index (χ0v) is 7.93. The lowest BCUT2D eigenvalue weighted by Gasteiger charge is -2.26. The van der Waals surface area contributed by atoms with Gasteiger partial charge in [0.15, 0.2) is 18.2 Å². The minimum atomic E-state index is -0.210. The number of aromatic nitrogens is 1. The van der Waals surface area contributed by atoms with Crippen LogP contribution in [0.1, 0.15) is 0 Å². The summed E-state index contributed by atoms with van der Waals surface area (Å²) in [7, 11) is 0. The third kappa shape index (κ3) is 1.57. The third-order valence-corrected chi connectivity index (χ3v) is 2.02. The Balaban J connectivity index is 2.46. The van der Waals surface area contributed by atoms with Crippen molar-refractivity contribution >= 4 is 17.5 Å². The number of nitrogens with two attached hydrogens (primary N) is 1. The van der Waals surface area contributed by atoms with E-state index < -0.39 is 0 Å². The average molecular weight is 203 g/mol. The molecule has 15 heavy (non-hydrogen) atoms. The van der Waals surface area contributed by atoms with Gasteiger partial charge < -0.3 is 10.5 Å². The highest BCUT2D eigenvalue weighted by atomic mass is 16.5. The summed E-state index contributed by atoms with van der Waals surface area (Å²) in [6.07, 6.45) is 5.17. The van der Waals surface area contributed by atoms with E-state index in [0.717, 1.165) is 0 Å². The van der Waals surface area contributed by atoms with E-state index in [9.17, 15) is 4.79 Å². The molecule has 2 N–H and O–H groups in total. The molecule has 0 saturated heterocycles. The highest BCUT2D eigenvalue weighted by Gasteiger charge is 2.26. The number of rotatable bonds is 1. The minimum absolute atomic E-state index is 0.0136. The molecular formula is C10H9N3O2. The van der Waals surface area contributed by atoms with Crippen LogP contribution in [0.3, 0.4) is 0 Å². The van der Waals surface area contributed by atoms with Crippen LogP contribution in [-0.4, -0.2) is 24.0 Å². The largest absolute Gasteiger partial charge is 0.480 e. The first-order valence-corrected chi connectivity index (χ1v) is 4.35. The van der Waals surface area contributed by atoms with Crippen LogP contribution in [0.4, 0.5) is 11.6 Å². The number of carbonyl (C=O) groups is 1. The fourth-order valence-electron chi connectivity index (χ4n) is 1.35. The molecule has 5 nitrogen and oxygen atoms in total. The summed E-state index contributed by atoms with van der Waals surface area (Å²) in [6.45, 7) is 0.159. The van der Waals surface area contributed by atoms with Gasteiger partial charge in [0.05, 0.1) is 6.54 Å². The van der Waals surface area contributed by atoms with Gasteiger partial charge in [-0.1, -0.05) is 5.92 Å². The molecule has 2 heterocycles. The van der Waals surface area contributed by atoms with Crippen LogP contribution in [0.15, 0.2) is 12.1 Å². The molecule has 1 amide bonds. The number of hydrogen-bond acceptors (Lipinski definition) is 4. The molecule has 1 aromatic rings. The SMILES string of the molecule is C#CCN1C(=O)COc2ccc(N)nc21. The van der Waals surface area contributed by atoms with Crippen molar-refractivity contribution in [1.29, 1.82) is 0 Å². The Hall–Kier alpha value is -2.22. The van der Waals surface area contributed by atoms with Gasteiger partial charge in [-0.05, 0) is 12.1 Å². The molecule has 5 heteroatoms. The highest BCUT2D eigenvalue weighted by molar-refractivity contribution is 5.97. The number of carbonyl (C=O) groups excluding carboxylic acids is 1. The molecule has 0 aliphatic carbocycles. The Kier molecular flexibility index (Phi) is 2.18. The third-order valence-electron chi connectivity index (χ3n) is 2.02. The fraction of sp³-hybridized carbons (Fsp3) is 0.200. The predicted octanol–water partition coefficient (Wildman–Crippen LogP) is 0.0224. The van der Waals surface area contributed by atoms with Gasteiger partial charge in [-0.2, -0.15) is 0 Å². The molecule has 0 unspecified atom stereocenters. The summed E-state index contributed by atoms with van der Waals surface area (Å²) in [4.78, 5) is 16.9. The summed E-state index contributed by atoms with van der Waals surface area (Å²) < 4.78 is 5.19. The van der Waals surface area contributed by atoms with E-state index in [-0.39, 0.29) is 19.1 Å². The molecule has 0 radical (unpaired) electrons. The van der Waals surface area contributed by atoms with Gasteiger partial charge in [-0.15, -0.1) is 6.42 Å². The average Bonchev–Trinajstić information content (AvgIpc) is 2.23. The van der Waals surface area contributed by atoms with Crippen molar-refractivity contribution in [2.24, 2.45) is 0 Å². The van der Waals surface area contributed by atoms with E-state index in [0.29, 0.717) is 17.4 Å². The Morgan fingerprint density at radius 1 is 1.67 bits per heavy atom. The number of hydrogen-bond donors (Lipinski definition) is 1. The molecule has 0 spiro atoms. The van der Waals surface area contributed by atoms with Crippen molar-refractivity contribution in [3.63, 3.8) is 0 Å². The van der Waals surface area contributed by atoms with Crippen LogP contribution in [0, 0.1) is 12.3 Å². The van der Waals surface area contributed by atoms with Crippen LogP contribution in [0.2, 0.25) is 0 Å². The summed E-state index contributed by atoms with van der Waals surface area (Å²) in [5.74, 6) is 3.43. The van der Waals surface area contributed by atoms with Crippen LogP contribution in [0.25, 0.3) is 0 Å². The number of fused-ring (bicyclic) bond motifs is 1. The zero-order valence-electron chi connectivity index (χ0n) is 7.93. The van der Waals surface area contributed by atoms with Gasteiger partial charge in [0, 0.05) is 0 Å². The second-order valence-electron chi connectivity index (χ2n) is 3.03. The van der Waals surface area contributed by atoms with Crippen molar-refractivity contribution in [2.45, 2.75) is 0 Å². The Labute approximate surface area is 86.8 Å². The highest BCUT2D eigenvalue weighted by Crippen LogP contribution is 2.30. The molecule has 76 valence electrons. The van der Waals surface area contributed by atoms with Gasteiger partial charge in [-0.3, -0.25) is 9.69 Å². The number of terminal acetylenes is 1. The number of nitrogens with zero attached hydrogens (tertiary/aromatic N) is 2. The van der Waals surface area contributed by atoms with E-state index in [4.69, 9.17) is 16.9 Å². The van der Waals surface area contributed by atoms with Crippen molar-refractivity contribution in [3.8, 4) is 18.1 Å². The topological polar surface area (TPSA) is 68.5 Å². The van der Waals surface area contributed by atoms with Gasteiger partial charge in [0.2, 0.25) is 0 Å². The second kappa shape index (κ2) is 3.50. The summed E-state index contributed by atoms with van der Waals surface area (Å²) in [5, 5.41) is 0. The monoisotopic (exact) mass is 203 g/mol. The quantitative estimate of drug-likeness (QED) is 0.653. The van der Waals surface area contributed by atoms with E-state index in [1.165, 1.54) is 4.90 Å². The molecule has 1 aliphatic heterocycles. The Morgan fingerprint density at radius 3 is 3.20 bits per heavy atom. The van der Waals surface area contributed by atoms with Crippen molar-refractivity contribution in [3.05, 3.63) is 12.1 Å². The first-order valence-electron chi connectivity index (χ1n) is 4.35. The second-order valence-corrected chi connectivity index (χ2v) is 3.03. The maximum atomic E-state index is 11.5. The van der Waals surface area contributed by atoms with Gasteiger partial charge in [0.1, 0.15) is 5.82 Å². The van der Waals surface area contributed by atoms with Crippen molar-refractivity contribution < 1.29 is 9.53 Å². The molecule has 0 aromatic carbocycles. The van der Waals surface area contributed by atoms with Gasteiger partial charge in [-0.25, -0.2) is 4.98 Å². The lowest BCUT2D eigenvalue weighted by atomic mass is 10.3. The number of nitrogen functional groups attached to an aromatic ring is 1. The summed E-state index contributed by atoms with van der Waals surface area (Å²) in [5.41, 5.74) is 5.53. The summed E-state index contributed by atoms with van der Waals surface area (Å²) in [6, 6.07) is 3.29. The number of pyridine rings is 1. The Bertz CT molecular complexity index is 450. The molecule has 2 rings (SSSR count). The van der Waals surface area contributed by atoms with Crippen LogP contribution in [0.5, 0.6) is 5.75 Å². The standard InChI is InChI=1S/C10H9N3O2/c1-2-5-13-9(14)6-15-7-3-4-8(11)12-10(7)13/h1,3-4H,5-6H2,(H2,11,12). The smallest absolute Gasteiger partial charge is 0.267 e. The van der Waals surface area contributed by atoms with E-state index in [1.807, 2.05) is 0 Å². The zero-order chi connectivity index (χ0) is 10.8. The molecular weight excluding hydrogens is 194 g/mol. The maximum absolute atomic E-state index is 11.5. The molecule has 0 atom stereocenters. The normalized spacial score (nSPS) is 14.1. The molecule has 1 aliphatic rings. The molecule has 0 fully saturated rings. The van der Waals surface area contributed by atoms with Gasteiger partial charge >= 0.3 is 0 Å². The van der Waals surface area contributed by atoms with Crippen LogP contribution < -0.4 is 15.4 Å². The van der Waals surface area contributed by atoms with Crippen molar-refractivity contribution in [1.82, 2.24) is 4.98 Å². The van der Waals surface area contributed by atoms with Crippen molar-refractivity contribution in [2.75, 3.05) is 23.8 Å². The number of anilines is 2. The van der Waals surface area contributed by atoms with Gasteiger partial charge in [0.25, 0.3) is 5.91 Å². The fourth-order valence-corrected chi connectivity index (χ4v) is 1.35. The number of amides is 1. The van der Waals surface area contributed by atoms with E-state index >= 15 is 0 Å². The summed E-state index contributed by atoms with van der Waals surface area (Å²) >= 11 is 0. The van der Waals surface area contributed by atoms with E-state index in [2.05, 4.69) is 10.9 Å². The Morgan fingerprint density at radius 2 is 2.47 bits per heavy atom. The molecule has 0 saturated carbocycles. The first-order chi connectivity index (χ1) is 7.22. The minimum Gasteiger partial charge on any atom is -0.480 e. The predicted molar refractivity (Wildman–Crippen MR) is 55.3 cm³/mol. The van der Waals surface area contributed by atoms with Crippen LogP contribution >= 0.6 is 0 Å². The first kappa shape index (κ1) is 9.34. The lowest BCUT2D eigenvalue weighted by Crippen LogP contribution is -2.39. The molecule has 1 aromatic heterocycles. The van der Waals surface area contributed by atoms with E-state index in [1.54, 1.807) is 12.1 Å². The lowest BCUT2D eigenvalue weighted by molar-refractivity contribution is -0.121. The van der Waals surface area contributed by atoms with Crippen LogP contribution in [-0.2, 0) is 4.79 Å². The maximum Gasteiger partial charge on any atom is 0.267 e.